The first-order valence-electron chi connectivity index (χ1n) is 4.93. The Morgan fingerprint density at radius 3 is 2.79 bits per heavy atom. The van der Waals surface area contributed by atoms with Crippen LogP contribution in [0.1, 0.15) is 6.92 Å². The monoisotopic (exact) mass is 196 g/mol. The molecule has 0 spiro atoms. The van der Waals surface area contributed by atoms with Crippen LogP contribution in [0.5, 0.6) is 0 Å². The number of hydrogen-bond donors (Lipinski definition) is 1. The lowest BCUT2D eigenvalue weighted by Gasteiger charge is -2.22. The molecular formula is C11H17FN2. The van der Waals surface area contributed by atoms with Crippen LogP contribution in [0.4, 0.5) is 10.1 Å². The first-order chi connectivity index (χ1) is 6.77. The summed E-state index contributed by atoms with van der Waals surface area (Å²) in [6.07, 6.45) is 0. The number of nitrogens with zero attached hydrogens (tertiary/aromatic N) is 1. The van der Waals surface area contributed by atoms with Crippen LogP contribution >= 0.6 is 0 Å². The minimum absolute atomic E-state index is 0.176. The summed E-state index contributed by atoms with van der Waals surface area (Å²) in [6, 6.07) is 6.71. The Balaban J connectivity index is 2.68. The van der Waals surface area contributed by atoms with E-state index in [2.05, 4.69) is 17.1 Å². The molecule has 0 radical (unpaired) electrons. The Morgan fingerprint density at radius 2 is 2.21 bits per heavy atom. The van der Waals surface area contributed by atoms with Crippen molar-refractivity contribution in [3.63, 3.8) is 0 Å². The molecule has 0 aliphatic rings. The highest BCUT2D eigenvalue weighted by atomic mass is 19.1. The third-order valence-electron chi connectivity index (χ3n) is 2.19. The molecule has 0 bridgehead atoms. The van der Waals surface area contributed by atoms with Crippen LogP contribution in [0.15, 0.2) is 24.3 Å². The van der Waals surface area contributed by atoms with Crippen LogP contribution in [-0.4, -0.2) is 26.7 Å². The fraction of sp³-hybridized carbons (Fsp3) is 0.455. The smallest absolute Gasteiger partial charge is 0.125 e. The average Bonchev–Trinajstić information content (AvgIpc) is 2.19. The molecule has 0 aliphatic heterocycles. The van der Waals surface area contributed by atoms with E-state index in [0.717, 1.165) is 25.3 Å². The van der Waals surface area contributed by atoms with Gasteiger partial charge in [0.05, 0.1) is 0 Å². The molecule has 0 fully saturated rings. The van der Waals surface area contributed by atoms with E-state index in [1.165, 1.54) is 6.07 Å². The molecule has 1 rings (SSSR count). The molecule has 78 valence electrons. The zero-order chi connectivity index (χ0) is 10.4. The van der Waals surface area contributed by atoms with E-state index in [4.69, 9.17) is 0 Å². The number of rotatable bonds is 5. The molecule has 0 amide bonds. The van der Waals surface area contributed by atoms with Gasteiger partial charge in [0, 0.05) is 25.3 Å². The Kier molecular flexibility index (Phi) is 4.40. The molecule has 0 atom stereocenters. The summed E-state index contributed by atoms with van der Waals surface area (Å²) in [5.41, 5.74) is 0.947. The van der Waals surface area contributed by atoms with E-state index in [0.29, 0.717) is 0 Å². The molecule has 3 heteroatoms. The third-order valence-corrected chi connectivity index (χ3v) is 2.19. The Morgan fingerprint density at radius 1 is 1.43 bits per heavy atom. The van der Waals surface area contributed by atoms with Crippen LogP contribution in [-0.2, 0) is 0 Å². The number of hydrogen-bond acceptors (Lipinski definition) is 2. The zero-order valence-electron chi connectivity index (χ0n) is 8.76. The van der Waals surface area contributed by atoms with E-state index >= 15 is 0 Å². The topological polar surface area (TPSA) is 15.3 Å². The van der Waals surface area contributed by atoms with E-state index in [1.54, 1.807) is 12.1 Å². The molecular weight excluding hydrogens is 179 g/mol. The van der Waals surface area contributed by atoms with Crippen molar-refractivity contribution in [2.75, 3.05) is 31.6 Å². The number of benzene rings is 1. The number of halogens is 1. The third kappa shape index (κ3) is 3.00. The maximum atomic E-state index is 12.9. The lowest BCUT2D eigenvalue weighted by molar-refractivity contribution is 0.626. The van der Waals surface area contributed by atoms with Crippen LogP contribution in [0.2, 0.25) is 0 Å². The molecule has 14 heavy (non-hydrogen) atoms. The van der Waals surface area contributed by atoms with E-state index in [9.17, 15) is 4.39 Å². The first kappa shape index (κ1) is 11.0. The summed E-state index contributed by atoms with van der Waals surface area (Å²) in [7, 11) is 1.92. The number of anilines is 1. The molecule has 0 unspecified atom stereocenters. The first-order valence-corrected chi connectivity index (χ1v) is 4.93. The maximum absolute atomic E-state index is 12.9. The SMILES string of the molecule is CCN(CCNC)c1cccc(F)c1. The minimum Gasteiger partial charge on any atom is -0.370 e. The summed E-state index contributed by atoms with van der Waals surface area (Å²) in [6.45, 7) is 4.77. The summed E-state index contributed by atoms with van der Waals surface area (Å²) < 4.78 is 12.9. The van der Waals surface area contributed by atoms with Gasteiger partial charge in [0.1, 0.15) is 5.82 Å². The van der Waals surface area contributed by atoms with Gasteiger partial charge >= 0.3 is 0 Å². The van der Waals surface area contributed by atoms with Crippen molar-refractivity contribution >= 4 is 5.69 Å². The molecule has 0 aromatic heterocycles. The van der Waals surface area contributed by atoms with Gasteiger partial charge in [0.2, 0.25) is 0 Å². The van der Waals surface area contributed by atoms with Gasteiger partial charge in [-0.1, -0.05) is 6.07 Å². The summed E-state index contributed by atoms with van der Waals surface area (Å²) >= 11 is 0. The number of nitrogens with one attached hydrogen (secondary N) is 1. The maximum Gasteiger partial charge on any atom is 0.125 e. The molecule has 1 N–H and O–H groups in total. The van der Waals surface area contributed by atoms with Crippen molar-refractivity contribution in [2.24, 2.45) is 0 Å². The van der Waals surface area contributed by atoms with E-state index in [-0.39, 0.29) is 5.82 Å². The van der Waals surface area contributed by atoms with Gasteiger partial charge in [0.15, 0.2) is 0 Å². The Bertz CT molecular complexity index is 276. The van der Waals surface area contributed by atoms with Crippen molar-refractivity contribution in [1.29, 1.82) is 0 Å². The highest BCUT2D eigenvalue weighted by Crippen LogP contribution is 2.14. The van der Waals surface area contributed by atoms with Crippen molar-refractivity contribution < 1.29 is 4.39 Å². The van der Waals surface area contributed by atoms with Crippen molar-refractivity contribution in [1.82, 2.24) is 5.32 Å². The van der Waals surface area contributed by atoms with Gasteiger partial charge in [-0.2, -0.15) is 0 Å². The van der Waals surface area contributed by atoms with Crippen LogP contribution in [0.25, 0.3) is 0 Å². The molecule has 2 nitrogen and oxygen atoms in total. The van der Waals surface area contributed by atoms with Crippen molar-refractivity contribution in [3.05, 3.63) is 30.1 Å². The van der Waals surface area contributed by atoms with Gasteiger partial charge < -0.3 is 10.2 Å². The largest absolute Gasteiger partial charge is 0.370 e. The predicted molar refractivity (Wildman–Crippen MR) is 58.2 cm³/mol. The van der Waals surface area contributed by atoms with Gasteiger partial charge in [-0.3, -0.25) is 0 Å². The van der Waals surface area contributed by atoms with Crippen LogP contribution in [0.3, 0.4) is 0 Å². The summed E-state index contributed by atoms with van der Waals surface area (Å²) in [5, 5.41) is 3.08. The van der Waals surface area contributed by atoms with Gasteiger partial charge in [0.25, 0.3) is 0 Å². The second-order valence-corrected chi connectivity index (χ2v) is 3.16. The average molecular weight is 196 g/mol. The quantitative estimate of drug-likeness (QED) is 0.773. The lowest BCUT2D eigenvalue weighted by atomic mass is 10.2. The molecule has 0 saturated carbocycles. The molecule has 1 aromatic rings. The van der Waals surface area contributed by atoms with Crippen molar-refractivity contribution in [2.45, 2.75) is 6.92 Å². The second kappa shape index (κ2) is 5.60. The molecule has 0 saturated heterocycles. The molecule has 0 aliphatic carbocycles. The minimum atomic E-state index is -0.176. The predicted octanol–water partition coefficient (Wildman–Crippen LogP) is 1.87. The highest BCUT2D eigenvalue weighted by molar-refractivity contribution is 5.46. The van der Waals surface area contributed by atoms with Crippen LogP contribution in [0, 0.1) is 5.82 Å². The van der Waals surface area contributed by atoms with Crippen molar-refractivity contribution in [3.8, 4) is 0 Å². The lowest BCUT2D eigenvalue weighted by Crippen LogP contribution is -2.30. The molecule has 1 aromatic carbocycles. The highest BCUT2D eigenvalue weighted by Gasteiger charge is 2.03. The standard InChI is InChI=1S/C11H17FN2/c1-3-14(8-7-13-2)11-6-4-5-10(12)9-11/h4-6,9,13H,3,7-8H2,1-2H3. The second-order valence-electron chi connectivity index (χ2n) is 3.16. The fourth-order valence-corrected chi connectivity index (χ4v) is 1.39. The fourth-order valence-electron chi connectivity index (χ4n) is 1.39. The van der Waals surface area contributed by atoms with Gasteiger partial charge in [-0.25, -0.2) is 4.39 Å². The van der Waals surface area contributed by atoms with Gasteiger partial charge in [-0.05, 0) is 32.2 Å². The Hall–Kier alpha value is -1.09. The Labute approximate surface area is 84.7 Å². The summed E-state index contributed by atoms with van der Waals surface area (Å²) in [5.74, 6) is -0.176. The summed E-state index contributed by atoms with van der Waals surface area (Å²) in [4.78, 5) is 2.14. The van der Waals surface area contributed by atoms with Gasteiger partial charge in [-0.15, -0.1) is 0 Å². The molecule has 0 heterocycles. The van der Waals surface area contributed by atoms with E-state index in [1.807, 2.05) is 13.1 Å². The van der Waals surface area contributed by atoms with Crippen LogP contribution < -0.4 is 10.2 Å². The zero-order valence-corrected chi connectivity index (χ0v) is 8.76. The number of likely N-dealkylation sites (N-methyl/N-ethyl adjacent to an activating group) is 2. The van der Waals surface area contributed by atoms with E-state index < -0.39 is 0 Å². The normalized spacial score (nSPS) is 10.2.